The number of nitrogens with one attached hydrogen (secondary N) is 1. The Hall–Kier alpha value is -2.17. The molecule has 0 fully saturated rings. The van der Waals surface area contributed by atoms with Crippen LogP contribution < -0.4 is 5.32 Å². The Morgan fingerprint density at radius 3 is 2.79 bits per heavy atom. The van der Waals surface area contributed by atoms with Crippen molar-refractivity contribution in [1.29, 1.82) is 0 Å². The third-order valence-corrected chi connectivity index (χ3v) is 2.91. The molecule has 1 amide bonds. The molecule has 0 unspecified atom stereocenters. The van der Waals surface area contributed by atoms with Gasteiger partial charge in [0.15, 0.2) is 0 Å². The van der Waals surface area contributed by atoms with Crippen LogP contribution in [0.15, 0.2) is 30.5 Å². The van der Waals surface area contributed by atoms with Gasteiger partial charge in [-0.25, -0.2) is 4.39 Å². The highest BCUT2D eigenvalue weighted by molar-refractivity contribution is 5.93. The second kappa shape index (κ2) is 5.22. The minimum Gasteiger partial charge on any atom is -0.373 e. The summed E-state index contributed by atoms with van der Waals surface area (Å²) >= 11 is 0. The van der Waals surface area contributed by atoms with Crippen LogP contribution in [0, 0.1) is 5.82 Å². The van der Waals surface area contributed by atoms with Gasteiger partial charge in [-0.15, -0.1) is 0 Å². The number of likely N-dealkylation sites (N-methyl/N-ethyl adjacent to an activating group) is 1. The summed E-state index contributed by atoms with van der Waals surface area (Å²) in [5, 5.41) is 3.76. The standard InChI is InChI=1S/C14H16FN3O/c1-9(14(19)18(2)3)17-12-7-8-16-13-10(12)5-4-6-11(13)15/h4-9H,1-3H3,(H,16,17)/t9-/m0/s1. The number of benzene rings is 1. The van der Waals surface area contributed by atoms with Gasteiger partial charge < -0.3 is 10.2 Å². The van der Waals surface area contributed by atoms with Gasteiger partial charge in [0.05, 0.1) is 0 Å². The van der Waals surface area contributed by atoms with Crippen LogP contribution in [0.3, 0.4) is 0 Å². The first-order chi connectivity index (χ1) is 9.00. The second-order valence-electron chi connectivity index (χ2n) is 4.59. The molecule has 0 radical (unpaired) electrons. The molecule has 2 aromatic rings. The van der Waals surface area contributed by atoms with Crippen molar-refractivity contribution in [2.75, 3.05) is 19.4 Å². The van der Waals surface area contributed by atoms with Gasteiger partial charge in [-0.1, -0.05) is 12.1 Å². The van der Waals surface area contributed by atoms with E-state index in [4.69, 9.17) is 0 Å². The summed E-state index contributed by atoms with van der Waals surface area (Å²) in [6.07, 6.45) is 1.53. The molecule has 0 saturated carbocycles. The fraction of sp³-hybridized carbons (Fsp3) is 0.286. The summed E-state index contributed by atoms with van der Waals surface area (Å²) in [4.78, 5) is 17.4. The highest BCUT2D eigenvalue weighted by atomic mass is 19.1. The number of carbonyl (C=O) groups excluding carboxylic acids is 1. The molecule has 0 spiro atoms. The van der Waals surface area contributed by atoms with Gasteiger partial charge >= 0.3 is 0 Å². The van der Waals surface area contributed by atoms with Gasteiger partial charge in [0.25, 0.3) is 0 Å². The lowest BCUT2D eigenvalue weighted by Crippen LogP contribution is -2.36. The Labute approximate surface area is 111 Å². The number of pyridine rings is 1. The summed E-state index contributed by atoms with van der Waals surface area (Å²) < 4.78 is 13.6. The zero-order chi connectivity index (χ0) is 14.0. The summed E-state index contributed by atoms with van der Waals surface area (Å²) in [5.41, 5.74) is 1.00. The van der Waals surface area contributed by atoms with Crippen molar-refractivity contribution >= 4 is 22.5 Å². The maximum Gasteiger partial charge on any atom is 0.244 e. The Morgan fingerprint density at radius 1 is 1.37 bits per heavy atom. The zero-order valence-electron chi connectivity index (χ0n) is 11.1. The molecular weight excluding hydrogens is 245 g/mol. The average Bonchev–Trinajstić information content (AvgIpc) is 2.39. The van der Waals surface area contributed by atoms with E-state index in [1.807, 2.05) is 0 Å². The van der Waals surface area contributed by atoms with E-state index in [9.17, 15) is 9.18 Å². The molecule has 0 bridgehead atoms. The van der Waals surface area contributed by atoms with Gasteiger partial charge in [-0.05, 0) is 19.1 Å². The minimum atomic E-state index is -0.385. The number of nitrogens with zero attached hydrogens (tertiary/aromatic N) is 2. The van der Waals surface area contributed by atoms with Gasteiger partial charge in [-0.3, -0.25) is 9.78 Å². The van der Waals surface area contributed by atoms with Gasteiger partial charge in [0, 0.05) is 31.4 Å². The van der Waals surface area contributed by atoms with E-state index in [0.29, 0.717) is 16.6 Å². The first kappa shape index (κ1) is 13.3. The number of hydrogen-bond donors (Lipinski definition) is 1. The number of aromatic nitrogens is 1. The zero-order valence-corrected chi connectivity index (χ0v) is 11.1. The number of hydrogen-bond acceptors (Lipinski definition) is 3. The lowest BCUT2D eigenvalue weighted by molar-refractivity contribution is -0.129. The second-order valence-corrected chi connectivity index (χ2v) is 4.59. The summed E-state index contributed by atoms with van der Waals surface area (Å²) in [7, 11) is 3.40. The monoisotopic (exact) mass is 261 g/mol. The lowest BCUT2D eigenvalue weighted by atomic mass is 10.1. The molecule has 0 aliphatic rings. The molecule has 0 aliphatic heterocycles. The third kappa shape index (κ3) is 2.65. The molecule has 2 rings (SSSR count). The minimum absolute atomic E-state index is 0.0404. The van der Waals surface area contributed by atoms with Gasteiger partial charge in [0.2, 0.25) is 5.91 Å². The van der Waals surface area contributed by atoms with Crippen LogP contribution in [0.2, 0.25) is 0 Å². The van der Waals surface area contributed by atoms with E-state index < -0.39 is 0 Å². The molecule has 100 valence electrons. The van der Waals surface area contributed by atoms with Crippen molar-refractivity contribution in [1.82, 2.24) is 9.88 Å². The number of halogens is 1. The van der Waals surface area contributed by atoms with Crippen molar-refractivity contribution in [3.63, 3.8) is 0 Å². The Balaban J connectivity index is 2.36. The van der Waals surface area contributed by atoms with E-state index in [2.05, 4.69) is 10.3 Å². The number of rotatable bonds is 3. The molecule has 1 atom stereocenters. The highest BCUT2D eigenvalue weighted by Gasteiger charge is 2.16. The maximum atomic E-state index is 13.6. The van der Waals surface area contributed by atoms with Crippen molar-refractivity contribution < 1.29 is 9.18 Å². The van der Waals surface area contributed by atoms with E-state index in [0.717, 1.165) is 0 Å². The van der Waals surface area contributed by atoms with E-state index in [-0.39, 0.29) is 17.8 Å². The molecule has 4 nitrogen and oxygen atoms in total. The molecular formula is C14H16FN3O. The first-order valence-electron chi connectivity index (χ1n) is 6.01. The van der Waals surface area contributed by atoms with E-state index in [1.165, 1.54) is 17.2 Å². The van der Waals surface area contributed by atoms with Crippen LogP contribution in [-0.4, -0.2) is 35.9 Å². The van der Waals surface area contributed by atoms with Gasteiger partial charge in [0.1, 0.15) is 17.4 Å². The van der Waals surface area contributed by atoms with E-state index in [1.54, 1.807) is 39.2 Å². The van der Waals surface area contributed by atoms with Gasteiger partial charge in [-0.2, -0.15) is 0 Å². The number of amides is 1. The molecule has 0 saturated heterocycles. The fourth-order valence-electron chi connectivity index (χ4n) is 1.95. The number of anilines is 1. The summed E-state index contributed by atoms with van der Waals surface area (Å²) in [6.45, 7) is 1.77. The fourth-order valence-corrected chi connectivity index (χ4v) is 1.95. The quantitative estimate of drug-likeness (QED) is 0.921. The highest BCUT2D eigenvalue weighted by Crippen LogP contribution is 2.23. The van der Waals surface area contributed by atoms with Crippen molar-refractivity contribution in [2.45, 2.75) is 13.0 Å². The van der Waals surface area contributed by atoms with Crippen LogP contribution in [-0.2, 0) is 4.79 Å². The maximum absolute atomic E-state index is 13.6. The summed E-state index contributed by atoms with van der Waals surface area (Å²) in [5.74, 6) is -0.408. The normalized spacial score (nSPS) is 12.2. The average molecular weight is 261 g/mol. The molecule has 5 heteroatoms. The number of fused-ring (bicyclic) bond motifs is 1. The number of para-hydroxylation sites is 1. The first-order valence-corrected chi connectivity index (χ1v) is 6.01. The third-order valence-electron chi connectivity index (χ3n) is 2.91. The van der Waals surface area contributed by atoms with Crippen molar-refractivity contribution in [2.24, 2.45) is 0 Å². The predicted octanol–water partition coefficient (Wildman–Crippen LogP) is 2.26. The molecule has 1 N–H and O–H groups in total. The predicted molar refractivity (Wildman–Crippen MR) is 73.5 cm³/mol. The van der Waals surface area contributed by atoms with Crippen LogP contribution >= 0.6 is 0 Å². The SMILES string of the molecule is C[C@H](Nc1ccnc2c(F)cccc12)C(=O)N(C)C. The van der Waals surface area contributed by atoms with Crippen molar-refractivity contribution in [3.05, 3.63) is 36.3 Å². The lowest BCUT2D eigenvalue weighted by Gasteiger charge is -2.19. The molecule has 1 aromatic carbocycles. The summed E-state index contributed by atoms with van der Waals surface area (Å²) in [6, 6.07) is 6.13. The molecule has 1 heterocycles. The number of carbonyl (C=O) groups is 1. The van der Waals surface area contributed by atoms with E-state index >= 15 is 0 Å². The Kier molecular flexibility index (Phi) is 3.64. The van der Waals surface area contributed by atoms with Crippen LogP contribution in [0.5, 0.6) is 0 Å². The Bertz CT molecular complexity index is 613. The molecule has 1 aromatic heterocycles. The molecule has 0 aliphatic carbocycles. The van der Waals surface area contributed by atoms with Crippen LogP contribution in [0.4, 0.5) is 10.1 Å². The van der Waals surface area contributed by atoms with Crippen LogP contribution in [0.25, 0.3) is 10.9 Å². The smallest absolute Gasteiger partial charge is 0.244 e. The largest absolute Gasteiger partial charge is 0.373 e. The van der Waals surface area contributed by atoms with Crippen LogP contribution in [0.1, 0.15) is 6.92 Å². The molecule has 19 heavy (non-hydrogen) atoms. The Morgan fingerprint density at radius 2 is 2.11 bits per heavy atom. The topological polar surface area (TPSA) is 45.2 Å². The van der Waals surface area contributed by atoms with Crippen molar-refractivity contribution in [3.8, 4) is 0 Å².